The number of thiophene rings is 1. The summed E-state index contributed by atoms with van der Waals surface area (Å²) in [6.07, 6.45) is 3.85. The molecule has 3 atom stereocenters. The van der Waals surface area contributed by atoms with Crippen molar-refractivity contribution in [2.45, 2.75) is 39.2 Å². The summed E-state index contributed by atoms with van der Waals surface area (Å²) >= 11 is 1.89. The van der Waals surface area contributed by atoms with Gasteiger partial charge in [0.2, 0.25) is 0 Å². The minimum absolute atomic E-state index is 0.530. The van der Waals surface area contributed by atoms with Gasteiger partial charge in [0, 0.05) is 37.1 Å². The van der Waals surface area contributed by atoms with Crippen LogP contribution in [0.3, 0.4) is 0 Å². The van der Waals surface area contributed by atoms with Crippen LogP contribution in [0.2, 0.25) is 0 Å². The Hall–Kier alpha value is -1.11. The van der Waals surface area contributed by atoms with Gasteiger partial charge in [-0.05, 0) is 76.2 Å². The molecule has 0 radical (unpaired) electrons. The van der Waals surface area contributed by atoms with E-state index in [1.54, 1.807) is 0 Å². The monoisotopic (exact) mass is 391 g/mol. The lowest BCUT2D eigenvalue weighted by molar-refractivity contribution is 0.125. The van der Waals surface area contributed by atoms with E-state index in [4.69, 9.17) is 4.99 Å². The Kier molecular flexibility index (Phi) is 7.97. The minimum atomic E-state index is 0.530. The summed E-state index contributed by atoms with van der Waals surface area (Å²) in [7, 11) is 2.27. The van der Waals surface area contributed by atoms with Crippen molar-refractivity contribution >= 4 is 17.3 Å². The van der Waals surface area contributed by atoms with Crippen molar-refractivity contribution in [2.24, 2.45) is 16.8 Å². The predicted molar refractivity (Wildman–Crippen MR) is 117 cm³/mol. The van der Waals surface area contributed by atoms with Crippen LogP contribution in [0, 0.1) is 11.8 Å². The maximum atomic E-state index is 4.91. The maximum Gasteiger partial charge on any atom is 0.191 e. The quantitative estimate of drug-likeness (QED) is 0.554. The standard InChI is InChI=1S/C21H37N5S/c1-4-22-21(23-14-17-10-12-26(5-2)16-17)24-15-18-8-6-11-25(3)20(18)19-9-7-13-27-19/h7,9,13,17-18,20H,4-6,8,10-12,14-16H2,1-3H3,(H2,22,23,24). The molecule has 0 spiro atoms. The highest BCUT2D eigenvalue weighted by atomic mass is 32.1. The van der Waals surface area contributed by atoms with Gasteiger partial charge in [0.05, 0.1) is 0 Å². The molecule has 2 fully saturated rings. The topological polar surface area (TPSA) is 42.9 Å². The second kappa shape index (κ2) is 10.4. The second-order valence-corrected chi connectivity index (χ2v) is 8.97. The molecule has 0 saturated carbocycles. The van der Waals surface area contributed by atoms with E-state index in [0.717, 1.165) is 32.1 Å². The number of hydrogen-bond donors (Lipinski definition) is 2. The SMILES string of the molecule is CCNC(=NCC1CCN(CC)C1)NCC1CCCN(C)C1c1cccs1. The van der Waals surface area contributed by atoms with Crippen molar-refractivity contribution < 1.29 is 0 Å². The zero-order valence-electron chi connectivity index (χ0n) is 17.3. The van der Waals surface area contributed by atoms with Crippen LogP contribution in [-0.2, 0) is 0 Å². The number of piperidine rings is 1. The first kappa shape index (κ1) is 20.6. The van der Waals surface area contributed by atoms with Crippen LogP contribution in [0.5, 0.6) is 0 Å². The van der Waals surface area contributed by atoms with Crippen molar-refractivity contribution in [1.82, 2.24) is 20.4 Å². The summed E-state index contributed by atoms with van der Waals surface area (Å²) in [5.74, 6) is 2.33. The van der Waals surface area contributed by atoms with Crippen molar-refractivity contribution in [2.75, 3.05) is 52.9 Å². The number of nitrogens with one attached hydrogen (secondary N) is 2. The third kappa shape index (κ3) is 5.69. The predicted octanol–water partition coefficient (Wildman–Crippen LogP) is 3.03. The molecule has 6 heteroatoms. The van der Waals surface area contributed by atoms with E-state index in [0.29, 0.717) is 17.9 Å². The summed E-state index contributed by atoms with van der Waals surface area (Å²) in [4.78, 5) is 11.5. The average Bonchev–Trinajstić information content (AvgIpc) is 3.35. The van der Waals surface area contributed by atoms with Gasteiger partial charge in [0.1, 0.15) is 0 Å². The summed E-state index contributed by atoms with van der Waals surface area (Å²) in [5, 5.41) is 9.31. The van der Waals surface area contributed by atoms with Gasteiger partial charge in [-0.15, -0.1) is 11.3 Å². The van der Waals surface area contributed by atoms with Crippen LogP contribution in [0.4, 0.5) is 0 Å². The third-order valence-corrected chi connectivity index (χ3v) is 6.99. The van der Waals surface area contributed by atoms with E-state index in [-0.39, 0.29) is 0 Å². The fourth-order valence-corrected chi connectivity index (χ4v) is 5.50. The van der Waals surface area contributed by atoms with Crippen LogP contribution in [0.25, 0.3) is 0 Å². The van der Waals surface area contributed by atoms with Crippen molar-refractivity contribution in [3.63, 3.8) is 0 Å². The van der Waals surface area contributed by atoms with E-state index in [1.165, 1.54) is 43.8 Å². The molecular weight excluding hydrogens is 354 g/mol. The smallest absolute Gasteiger partial charge is 0.191 e. The Balaban J connectivity index is 1.56. The number of hydrogen-bond acceptors (Lipinski definition) is 4. The molecule has 0 amide bonds. The third-order valence-electron chi connectivity index (χ3n) is 6.04. The van der Waals surface area contributed by atoms with Crippen LogP contribution < -0.4 is 10.6 Å². The van der Waals surface area contributed by atoms with Gasteiger partial charge in [-0.1, -0.05) is 13.0 Å². The summed E-state index contributed by atoms with van der Waals surface area (Å²) in [6, 6.07) is 5.00. The first-order valence-corrected chi connectivity index (χ1v) is 11.6. The molecule has 3 unspecified atom stereocenters. The van der Waals surface area contributed by atoms with Crippen LogP contribution in [0.15, 0.2) is 22.5 Å². The van der Waals surface area contributed by atoms with Gasteiger partial charge in [0.15, 0.2) is 5.96 Å². The van der Waals surface area contributed by atoms with E-state index in [9.17, 15) is 0 Å². The summed E-state index contributed by atoms with van der Waals surface area (Å²) in [6.45, 7) is 12.0. The molecule has 3 rings (SSSR count). The minimum Gasteiger partial charge on any atom is -0.357 e. The Morgan fingerprint density at radius 2 is 2.15 bits per heavy atom. The van der Waals surface area contributed by atoms with E-state index in [1.807, 2.05) is 11.3 Å². The molecule has 0 aromatic carbocycles. The molecular formula is C21H37N5S. The van der Waals surface area contributed by atoms with Crippen LogP contribution in [-0.4, -0.2) is 68.6 Å². The summed E-state index contributed by atoms with van der Waals surface area (Å²) < 4.78 is 0. The highest BCUT2D eigenvalue weighted by molar-refractivity contribution is 7.10. The van der Waals surface area contributed by atoms with E-state index in [2.05, 4.69) is 58.8 Å². The molecule has 1 aromatic rings. The zero-order chi connectivity index (χ0) is 19.1. The fourth-order valence-electron chi connectivity index (χ4n) is 4.52. The Morgan fingerprint density at radius 1 is 1.26 bits per heavy atom. The molecule has 0 aliphatic carbocycles. The molecule has 5 nitrogen and oxygen atoms in total. The van der Waals surface area contributed by atoms with Crippen LogP contribution in [0.1, 0.15) is 44.0 Å². The number of rotatable bonds is 7. The largest absolute Gasteiger partial charge is 0.357 e. The maximum absolute atomic E-state index is 4.91. The normalized spacial score (nSPS) is 27.8. The van der Waals surface area contributed by atoms with Gasteiger partial charge in [0.25, 0.3) is 0 Å². The highest BCUT2D eigenvalue weighted by Gasteiger charge is 2.31. The average molecular weight is 392 g/mol. The van der Waals surface area contributed by atoms with Crippen molar-refractivity contribution in [3.8, 4) is 0 Å². The van der Waals surface area contributed by atoms with Gasteiger partial charge in [-0.3, -0.25) is 9.89 Å². The fraction of sp³-hybridized carbons (Fsp3) is 0.762. The summed E-state index contributed by atoms with van der Waals surface area (Å²) in [5.41, 5.74) is 0. The first-order chi connectivity index (χ1) is 13.2. The van der Waals surface area contributed by atoms with Crippen molar-refractivity contribution in [3.05, 3.63) is 22.4 Å². The lowest BCUT2D eigenvalue weighted by Crippen LogP contribution is -2.45. The first-order valence-electron chi connectivity index (χ1n) is 10.7. The Labute approximate surface area is 169 Å². The zero-order valence-corrected chi connectivity index (χ0v) is 18.1. The Morgan fingerprint density at radius 3 is 2.85 bits per heavy atom. The van der Waals surface area contributed by atoms with Gasteiger partial charge >= 0.3 is 0 Å². The molecule has 0 bridgehead atoms. The number of likely N-dealkylation sites (tertiary alicyclic amines) is 2. The lowest BCUT2D eigenvalue weighted by atomic mass is 9.88. The van der Waals surface area contributed by atoms with Gasteiger partial charge in [-0.25, -0.2) is 0 Å². The number of guanidine groups is 1. The Bertz CT molecular complexity index is 573. The van der Waals surface area contributed by atoms with E-state index < -0.39 is 0 Å². The molecule has 152 valence electrons. The van der Waals surface area contributed by atoms with Gasteiger partial charge < -0.3 is 15.5 Å². The lowest BCUT2D eigenvalue weighted by Gasteiger charge is -2.39. The molecule has 3 heterocycles. The molecule has 2 saturated heterocycles. The van der Waals surface area contributed by atoms with Gasteiger partial charge in [-0.2, -0.15) is 0 Å². The molecule has 1 aromatic heterocycles. The van der Waals surface area contributed by atoms with Crippen molar-refractivity contribution in [1.29, 1.82) is 0 Å². The highest BCUT2D eigenvalue weighted by Crippen LogP contribution is 2.36. The number of nitrogens with zero attached hydrogens (tertiary/aromatic N) is 3. The molecule has 2 aliphatic rings. The second-order valence-electron chi connectivity index (χ2n) is 7.99. The molecule has 2 aliphatic heterocycles. The number of aliphatic imine (C=N–C) groups is 1. The van der Waals surface area contributed by atoms with Crippen LogP contribution >= 0.6 is 11.3 Å². The molecule has 2 N–H and O–H groups in total. The molecule has 27 heavy (non-hydrogen) atoms. The van der Waals surface area contributed by atoms with E-state index >= 15 is 0 Å².